The maximum Gasteiger partial charge on any atom is 0.0555 e. The normalized spacial score (nSPS) is 36.8. The number of aliphatic hydroxyl groups is 1. The van der Waals surface area contributed by atoms with E-state index >= 15 is 0 Å². The van der Waals surface area contributed by atoms with Crippen molar-refractivity contribution >= 4 is 12.4 Å². The van der Waals surface area contributed by atoms with E-state index < -0.39 is 0 Å². The minimum atomic E-state index is -0.102. The van der Waals surface area contributed by atoms with Gasteiger partial charge in [0.1, 0.15) is 0 Å². The van der Waals surface area contributed by atoms with Crippen LogP contribution in [0.2, 0.25) is 0 Å². The molecule has 1 aliphatic carbocycles. The van der Waals surface area contributed by atoms with Crippen LogP contribution in [0.5, 0.6) is 0 Å². The third kappa shape index (κ3) is 1.99. The topological polar surface area (TPSA) is 46.2 Å². The van der Waals surface area contributed by atoms with Crippen LogP contribution in [0.25, 0.3) is 0 Å². The Morgan fingerprint density at radius 3 is 2.12 bits per heavy atom. The first-order valence-corrected chi connectivity index (χ1v) is 2.72. The van der Waals surface area contributed by atoms with Gasteiger partial charge in [-0.3, -0.25) is 0 Å². The Kier molecular flexibility index (Phi) is 3.36. The Labute approximate surface area is 55.5 Å². The van der Waals surface area contributed by atoms with Crippen molar-refractivity contribution in [2.45, 2.75) is 31.4 Å². The third-order valence-corrected chi connectivity index (χ3v) is 1.45. The van der Waals surface area contributed by atoms with Crippen molar-refractivity contribution in [2.75, 3.05) is 0 Å². The highest BCUT2D eigenvalue weighted by atomic mass is 35.5. The zero-order valence-corrected chi connectivity index (χ0v) is 5.53. The molecular formula is C5H12ClNO. The Hall–Kier alpha value is 0.210. The van der Waals surface area contributed by atoms with E-state index in [0.717, 1.165) is 19.3 Å². The minimum Gasteiger partial charge on any atom is -0.393 e. The van der Waals surface area contributed by atoms with Crippen molar-refractivity contribution in [1.29, 1.82) is 0 Å². The number of halogens is 1. The maximum atomic E-state index is 8.82. The molecule has 8 heavy (non-hydrogen) atoms. The lowest BCUT2D eigenvalue weighted by atomic mass is 10.3. The van der Waals surface area contributed by atoms with Gasteiger partial charge in [0, 0.05) is 6.04 Å². The standard InChI is InChI=1S/C5H11NO.ClH/c6-4-1-2-5(7)3-4;/h4-5,7H,1-3,6H2;1H/t4-,5-;/m0./s1. The fourth-order valence-electron chi connectivity index (χ4n) is 0.992. The van der Waals surface area contributed by atoms with Crippen LogP contribution >= 0.6 is 12.4 Å². The summed E-state index contributed by atoms with van der Waals surface area (Å²) in [6.07, 6.45) is 2.61. The van der Waals surface area contributed by atoms with Gasteiger partial charge in [0.15, 0.2) is 0 Å². The van der Waals surface area contributed by atoms with Crippen LogP contribution < -0.4 is 5.73 Å². The zero-order valence-electron chi connectivity index (χ0n) is 4.71. The molecule has 1 fully saturated rings. The second kappa shape index (κ2) is 3.28. The highest BCUT2D eigenvalue weighted by molar-refractivity contribution is 5.85. The summed E-state index contributed by atoms with van der Waals surface area (Å²) in [4.78, 5) is 0. The van der Waals surface area contributed by atoms with Gasteiger partial charge in [0.05, 0.1) is 6.10 Å². The molecule has 50 valence electrons. The van der Waals surface area contributed by atoms with E-state index in [9.17, 15) is 0 Å². The predicted octanol–water partition coefficient (Wildman–Crippen LogP) is 0.280. The van der Waals surface area contributed by atoms with Crippen molar-refractivity contribution in [1.82, 2.24) is 0 Å². The summed E-state index contributed by atoms with van der Waals surface area (Å²) in [6.45, 7) is 0. The van der Waals surface area contributed by atoms with Gasteiger partial charge in [-0.1, -0.05) is 0 Å². The molecule has 0 aliphatic heterocycles. The van der Waals surface area contributed by atoms with Crippen LogP contribution in [0.1, 0.15) is 19.3 Å². The second-order valence-electron chi connectivity index (χ2n) is 2.23. The number of hydrogen-bond acceptors (Lipinski definition) is 2. The summed E-state index contributed by atoms with van der Waals surface area (Å²) in [5, 5.41) is 8.82. The van der Waals surface area contributed by atoms with Crippen LogP contribution in [-0.2, 0) is 0 Å². The van der Waals surface area contributed by atoms with E-state index in [1.807, 2.05) is 0 Å². The molecule has 1 rings (SSSR count). The summed E-state index contributed by atoms with van der Waals surface area (Å²) in [6, 6.07) is 0.273. The SMILES string of the molecule is Cl.N[C@H]1CC[C@H](O)C1. The number of hydrogen-bond donors (Lipinski definition) is 2. The van der Waals surface area contributed by atoms with Crippen molar-refractivity contribution in [3.05, 3.63) is 0 Å². The third-order valence-electron chi connectivity index (χ3n) is 1.45. The summed E-state index contributed by atoms with van der Waals surface area (Å²) in [5.74, 6) is 0. The van der Waals surface area contributed by atoms with Crippen molar-refractivity contribution in [2.24, 2.45) is 5.73 Å². The van der Waals surface area contributed by atoms with Gasteiger partial charge in [-0.15, -0.1) is 12.4 Å². The van der Waals surface area contributed by atoms with E-state index in [2.05, 4.69) is 0 Å². The predicted molar refractivity (Wildman–Crippen MR) is 35.1 cm³/mol. The molecule has 0 aromatic carbocycles. The molecule has 0 aromatic heterocycles. The number of rotatable bonds is 0. The van der Waals surface area contributed by atoms with Crippen LogP contribution in [0.4, 0.5) is 0 Å². The molecule has 0 spiro atoms. The molecule has 0 heterocycles. The monoisotopic (exact) mass is 137 g/mol. The molecule has 3 heteroatoms. The smallest absolute Gasteiger partial charge is 0.0555 e. The first kappa shape index (κ1) is 8.21. The van der Waals surface area contributed by atoms with E-state index in [4.69, 9.17) is 10.8 Å². The Morgan fingerprint density at radius 1 is 1.38 bits per heavy atom. The lowest BCUT2D eigenvalue weighted by molar-refractivity contribution is 0.181. The van der Waals surface area contributed by atoms with Gasteiger partial charge in [-0.2, -0.15) is 0 Å². The Morgan fingerprint density at radius 2 is 2.00 bits per heavy atom. The molecule has 0 bridgehead atoms. The molecule has 2 atom stereocenters. The fraction of sp³-hybridized carbons (Fsp3) is 1.00. The summed E-state index contributed by atoms with van der Waals surface area (Å²) in [7, 11) is 0. The second-order valence-corrected chi connectivity index (χ2v) is 2.23. The van der Waals surface area contributed by atoms with Crippen molar-refractivity contribution in [3.63, 3.8) is 0 Å². The van der Waals surface area contributed by atoms with Crippen LogP contribution in [0.3, 0.4) is 0 Å². The summed E-state index contributed by atoms with van der Waals surface area (Å²) < 4.78 is 0. The van der Waals surface area contributed by atoms with Crippen molar-refractivity contribution < 1.29 is 5.11 Å². The van der Waals surface area contributed by atoms with Gasteiger partial charge in [-0.25, -0.2) is 0 Å². The molecule has 0 aromatic rings. The molecule has 2 nitrogen and oxygen atoms in total. The summed E-state index contributed by atoms with van der Waals surface area (Å²) in [5.41, 5.74) is 5.47. The highest BCUT2D eigenvalue weighted by Crippen LogP contribution is 2.15. The highest BCUT2D eigenvalue weighted by Gasteiger charge is 2.18. The lowest BCUT2D eigenvalue weighted by Gasteiger charge is -1.96. The van der Waals surface area contributed by atoms with E-state index in [1.165, 1.54) is 0 Å². The molecule has 3 N–H and O–H groups in total. The van der Waals surface area contributed by atoms with Crippen LogP contribution in [0, 0.1) is 0 Å². The van der Waals surface area contributed by atoms with E-state index in [-0.39, 0.29) is 24.6 Å². The van der Waals surface area contributed by atoms with E-state index in [1.54, 1.807) is 0 Å². The van der Waals surface area contributed by atoms with Crippen LogP contribution in [-0.4, -0.2) is 17.3 Å². The van der Waals surface area contributed by atoms with Gasteiger partial charge >= 0.3 is 0 Å². The first-order chi connectivity index (χ1) is 3.29. The zero-order chi connectivity index (χ0) is 5.28. The fourth-order valence-corrected chi connectivity index (χ4v) is 0.992. The van der Waals surface area contributed by atoms with Crippen molar-refractivity contribution in [3.8, 4) is 0 Å². The minimum absolute atomic E-state index is 0. The number of nitrogens with two attached hydrogens (primary N) is 1. The quantitative estimate of drug-likeness (QED) is 0.504. The average Bonchev–Trinajstić information content (AvgIpc) is 1.87. The van der Waals surface area contributed by atoms with Gasteiger partial charge in [0.2, 0.25) is 0 Å². The molecule has 0 amide bonds. The molecular weight excluding hydrogens is 126 g/mol. The number of aliphatic hydroxyl groups excluding tert-OH is 1. The average molecular weight is 138 g/mol. The maximum absolute atomic E-state index is 8.82. The van der Waals surface area contributed by atoms with E-state index in [0.29, 0.717) is 0 Å². The molecule has 0 unspecified atom stereocenters. The Balaban J connectivity index is 0.000000490. The summed E-state index contributed by atoms with van der Waals surface area (Å²) >= 11 is 0. The van der Waals surface area contributed by atoms with Crippen LogP contribution in [0.15, 0.2) is 0 Å². The van der Waals surface area contributed by atoms with Gasteiger partial charge in [0.25, 0.3) is 0 Å². The molecule has 1 saturated carbocycles. The lowest BCUT2D eigenvalue weighted by Crippen LogP contribution is -2.15. The van der Waals surface area contributed by atoms with Gasteiger partial charge in [-0.05, 0) is 19.3 Å². The molecule has 0 saturated heterocycles. The molecule has 1 aliphatic rings. The first-order valence-electron chi connectivity index (χ1n) is 2.72. The van der Waals surface area contributed by atoms with Gasteiger partial charge < -0.3 is 10.8 Å². The largest absolute Gasteiger partial charge is 0.393 e. The molecule has 0 radical (unpaired) electrons. The Bertz CT molecular complexity index is 61.4.